The average Bonchev–Trinajstić information content (AvgIpc) is 3.06. The van der Waals surface area contributed by atoms with Gasteiger partial charge in [0, 0.05) is 17.6 Å². The summed E-state index contributed by atoms with van der Waals surface area (Å²) < 4.78 is 12.3. The van der Waals surface area contributed by atoms with Crippen LogP contribution in [0, 0.1) is 5.92 Å². The molecular formula is C26H38N2O5. The summed E-state index contributed by atoms with van der Waals surface area (Å²) >= 11 is 0. The lowest BCUT2D eigenvalue weighted by Crippen LogP contribution is -2.78. The molecule has 6 atom stereocenters. The Morgan fingerprint density at radius 1 is 1.30 bits per heavy atom. The van der Waals surface area contributed by atoms with Gasteiger partial charge in [0.05, 0.1) is 11.0 Å². The number of nitrogens with zero attached hydrogens (tertiary/aromatic N) is 1. The van der Waals surface area contributed by atoms with Gasteiger partial charge in [-0.05, 0) is 77.6 Å². The lowest BCUT2D eigenvalue weighted by Gasteiger charge is -2.63. The lowest BCUT2D eigenvalue weighted by molar-refractivity contribution is -0.188. The van der Waals surface area contributed by atoms with E-state index in [9.17, 15) is 15.0 Å². The van der Waals surface area contributed by atoms with Gasteiger partial charge in [-0.2, -0.15) is 0 Å². The fraction of sp³-hybridized carbons (Fsp3) is 0.731. The standard InChI is InChI=1S/C26H38N2O5/c1-14(2)20(23(30)33-24(3,4)5)27-16-9-10-26(31)18-13-15-7-8-17(29)21-19(15)25(26,22(16)32-21)11-12-28(18)6/h7-8,14,16,18,20,22,27,29,31H,9-13H2,1-6H3/t16?,18-,20-,22?,25+,26-/m1/s1. The van der Waals surface area contributed by atoms with Crippen LogP contribution in [0.2, 0.25) is 0 Å². The van der Waals surface area contributed by atoms with Crippen molar-refractivity contribution in [3.8, 4) is 11.5 Å². The molecule has 1 aromatic rings. The fourth-order valence-electron chi connectivity index (χ4n) is 7.05. The van der Waals surface area contributed by atoms with Crippen LogP contribution in [0.15, 0.2) is 12.1 Å². The summed E-state index contributed by atoms with van der Waals surface area (Å²) in [6, 6.07) is 3.08. The third-order valence-corrected chi connectivity index (χ3v) is 8.45. The Morgan fingerprint density at radius 3 is 2.70 bits per heavy atom. The molecular weight excluding hydrogens is 420 g/mol. The molecule has 2 unspecified atom stereocenters. The number of carbonyl (C=O) groups excluding carboxylic acids is 1. The van der Waals surface area contributed by atoms with Crippen LogP contribution in [0.5, 0.6) is 11.5 Å². The zero-order valence-corrected chi connectivity index (χ0v) is 20.6. The number of rotatable bonds is 4. The number of esters is 1. The number of likely N-dealkylation sites (N-methyl/N-ethyl adjacent to an activating group) is 1. The average molecular weight is 459 g/mol. The first kappa shape index (κ1) is 22.9. The Labute approximate surface area is 196 Å². The molecule has 2 heterocycles. The van der Waals surface area contributed by atoms with Gasteiger partial charge in [-0.15, -0.1) is 0 Å². The minimum absolute atomic E-state index is 0.00745. The van der Waals surface area contributed by atoms with Crippen LogP contribution in [-0.4, -0.2) is 70.1 Å². The van der Waals surface area contributed by atoms with Crippen LogP contribution < -0.4 is 10.1 Å². The van der Waals surface area contributed by atoms with E-state index in [1.54, 1.807) is 6.07 Å². The van der Waals surface area contributed by atoms with Crippen molar-refractivity contribution >= 4 is 5.97 Å². The van der Waals surface area contributed by atoms with Gasteiger partial charge in [-0.1, -0.05) is 19.9 Å². The number of aromatic hydroxyl groups is 1. The fourth-order valence-corrected chi connectivity index (χ4v) is 7.05. The molecule has 2 aliphatic heterocycles. The van der Waals surface area contributed by atoms with Crippen molar-refractivity contribution in [2.24, 2.45) is 5.92 Å². The maximum atomic E-state index is 13.1. The maximum Gasteiger partial charge on any atom is 0.323 e. The number of carbonyl (C=O) groups is 1. The van der Waals surface area contributed by atoms with Gasteiger partial charge in [-0.25, -0.2) is 0 Å². The van der Waals surface area contributed by atoms with E-state index < -0.39 is 22.7 Å². The molecule has 2 fully saturated rings. The third kappa shape index (κ3) is 3.15. The Bertz CT molecular complexity index is 972. The number of likely N-dealkylation sites (tertiary alicyclic amines) is 1. The van der Waals surface area contributed by atoms with Crippen LogP contribution in [0.1, 0.15) is 65.0 Å². The van der Waals surface area contributed by atoms with E-state index in [1.807, 2.05) is 40.7 Å². The van der Waals surface area contributed by atoms with E-state index in [2.05, 4.69) is 17.3 Å². The second-order valence-electron chi connectivity index (χ2n) is 11.9. The van der Waals surface area contributed by atoms with Gasteiger partial charge in [0.15, 0.2) is 11.5 Å². The van der Waals surface area contributed by atoms with Crippen LogP contribution >= 0.6 is 0 Å². The van der Waals surface area contributed by atoms with E-state index in [4.69, 9.17) is 9.47 Å². The quantitative estimate of drug-likeness (QED) is 0.597. The van der Waals surface area contributed by atoms with Crippen LogP contribution in [0.3, 0.4) is 0 Å². The van der Waals surface area contributed by atoms with E-state index in [1.165, 1.54) is 0 Å². The molecule has 0 aromatic heterocycles. The van der Waals surface area contributed by atoms with Crippen molar-refractivity contribution in [3.63, 3.8) is 0 Å². The van der Waals surface area contributed by atoms with Crippen LogP contribution in [0.25, 0.3) is 0 Å². The van der Waals surface area contributed by atoms with Crippen molar-refractivity contribution in [2.45, 2.75) is 101 Å². The van der Waals surface area contributed by atoms with Crippen molar-refractivity contribution in [3.05, 3.63) is 23.3 Å². The molecule has 3 N–H and O–H groups in total. The van der Waals surface area contributed by atoms with Gasteiger partial charge in [0.2, 0.25) is 0 Å². The Kier molecular flexibility index (Phi) is 5.10. The number of benzene rings is 1. The monoisotopic (exact) mass is 458 g/mol. The number of hydrogen-bond acceptors (Lipinski definition) is 7. The molecule has 5 rings (SSSR count). The number of phenols is 1. The maximum absolute atomic E-state index is 13.1. The highest BCUT2D eigenvalue weighted by atomic mass is 16.6. The minimum Gasteiger partial charge on any atom is -0.504 e. The molecule has 4 aliphatic rings. The summed E-state index contributed by atoms with van der Waals surface area (Å²) in [5, 5.41) is 26.6. The van der Waals surface area contributed by atoms with Gasteiger partial charge < -0.3 is 24.6 Å². The topological polar surface area (TPSA) is 91.3 Å². The molecule has 1 aromatic carbocycles. The SMILES string of the molecule is CC(C)[C@@H](NC1CC[C@@]2(O)[C@H]3Cc4ccc(O)c5c4[C@@]2(CCN3C)C1O5)C(=O)OC(C)(C)C. The Hall–Kier alpha value is -1.83. The van der Waals surface area contributed by atoms with E-state index in [-0.39, 0.29) is 35.8 Å². The van der Waals surface area contributed by atoms with Gasteiger partial charge >= 0.3 is 5.97 Å². The van der Waals surface area contributed by atoms with E-state index in [0.29, 0.717) is 18.6 Å². The molecule has 2 aliphatic carbocycles. The molecule has 0 amide bonds. The molecule has 7 nitrogen and oxygen atoms in total. The van der Waals surface area contributed by atoms with E-state index in [0.717, 1.165) is 30.5 Å². The van der Waals surface area contributed by atoms with Crippen molar-refractivity contribution < 1.29 is 24.5 Å². The largest absolute Gasteiger partial charge is 0.504 e. The Morgan fingerprint density at radius 2 is 2.03 bits per heavy atom. The highest BCUT2D eigenvalue weighted by Crippen LogP contribution is 2.65. The lowest BCUT2D eigenvalue weighted by atomic mass is 9.48. The summed E-state index contributed by atoms with van der Waals surface area (Å²) in [7, 11) is 2.09. The summed E-state index contributed by atoms with van der Waals surface area (Å²) in [5.74, 6) is 0.414. The second kappa shape index (κ2) is 7.33. The Balaban J connectivity index is 1.55. The molecule has 0 radical (unpaired) electrons. The predicted molar refractivity (Wildman–Crippen MR) is 125 cm³/mol. The van der Waals surface area contributed by atoms with Crippen molar-refractivity contribution in [1.82, 2.24) is 10.2 Å². The highest BCUT2D eigenvalue weighted by Gasteiger charge is 2.72. The second-order valence-corrected chi connectivity index (χ2v) is 11.9. The summed E-state index contributed by atoms with van der Waals surface area (Å²) in [6.07, 6.45) is 2.44. The summed E-state index contributed by atoms with van der Waals surface area (Å²) in [6.45, 7) is 10.5. The number of phenolic OH excluding ortho intramolecular Hbond substituents is 1. The van der Waals surface area contributed by atoms with E-state index >= 15 is 0 Å². The first-order valence-electron chi connectivity index (χ1n) is 12.3. The third-order valence-electron chi connectivity index (χ3n) is 8.45. The molecule has 1 saturated carbocycles. The normalized spacial score (nSPS) is 35.7. The molecule has 33 heavy (non-hydrogen) atoms. The first-order valence-corrected chi connectivity index (χ1v) is 12.3. The highest BCUT2D eigenvalue weighted by molar-refractivity contribution is 5.76. The van der Waals surface area contributed by atoms with Gasteiger partial charge in [0.25, 0.3) is 0 Å². The molecule has 1 saturated heterocycles. The number of nitrogens with one attached hydrogen (secondary N) is 1. The first-order chi connectivity index (χ1) is 15.4. The number of ether oxygens (including phenoxy) is 2. The van der Waals surface area contributed by atoms with Crippen molar-refractivity contribution in [1.29, 1.82) is 0 Å². The number of aliphatic hydroxyl groups is 1. The molecule has 1 spiro atoms. The number of hydrogen-bond donors (Lipinski definition) is 3. The smallest absolute Gasteiger partial charge is 0.323 e. The zero-order chi connectivity index (χ0) is 23.9. The van der Waals surface area contributed by atoms with Crippen LogP contribution in [0.4, 0.5) is 0 Å². The summed E-state index contributed by atoms with van der Waals surface area (Å²) in [5.41, 5.74) is 0.0395. The predicted octanol–water partition coefficient (Wildman–Crippen LogP) is 2.50. The summed E-state index contributed by atoms with van der Waals surface area (Å²) in [4.78, 5) is 15.3. The molecule has 182 valence electrons. The van der Waals surface area contributed by atoms with Gasteiger partial charge in [0.1, 0.15) is 17.7 Å². The molecule has 7 heteroatoms. The van der Waals surface area contributed by atoms with Crippen molar-refractivity contribution in [2.75, 3.05) is 13.6 Å². The zero-order valence-electron chi connectivity index (χ0n) is 20.6. The van der Waals surface area contributed by atoms with Gasteiger partial charge in [-0.3, -0.25) is 10.1 Å². The van der Waals surface area contributed by atoms with Crippen LogP contribution in [-0.2, 0) is 21.4 Å². The number of piperidine rings is 1. The molecule has 2 bridgehead atoms. The minimum atomic E-state index is -0.936.